The lowest BCUT2D eigenvalue weighted by Gasteiger charge is -2.17. The number of aryl methyl sites for hydroxylation is 1. The minimum atomic E-state index is -0.0890. The summed E-state index contributed by atoms with van der Waals surface area (Å²) in [7, 11) is 0. The first-order valence-electron chi connectivity index (χ1n) is 12.3. The van der Waals surface area contributed by atoms with Gasteiger partial charge < -0.3 is 5.32 Å². The van der Waals surface area contributed by atoms with Gasteiger partial charge in [0, 0.05) is 10.9 Å². The van der Waals surface area contributed by atoms with Crippen molar-refractivity contribution >= 4 is 16.8 Å². The van der Waals surface area contributed by atoms with Gasteiger partial charge >= 0.3 is 0 Å². The number of aromatic nitrogens is 1. The Kier molecular flexibility index (Phi) is 7.42. The SMILES string of the molecule is CCCc1ccc([C@@H](C)NC(=O)c2cc(-c3ccc(CC(C)C)cc3)nc3ccccc23)cc1. The lowest BCUT2D eigenvalue weighted by atomic mass is 9.99. The van der Waals surface area contributed by atoms with E-state index < -0.39 is 0 Å². The molecule has 0 spiro atoms. The summed E-state index contributed by atoms with van der Waals surface area (Å²) >= 11 is 0. The van der Waals surface area contributed by atoms with Crippen LogP contribution in [0, 0.1) is 5.92 Å². The van der Waals surface area contributed by atoms with Crippen molar-refractivity contribution in [3.8, 4) is 11.3 Å². The number of carbonyl (C=O) groups is 1. The van der Waals surface area contributed by atoms with Gasteiger partial charge in [0.05, 0.1) is 22.8 Å². The number of nitrogens with zero attached hydrogens (tertiary/aromatic N) is 1. The molecule has 1 atom stereocenters. The average Bonchev–Trinajstić information content (AvgIpc) is 2.84. The van der Waals surface area contributed by atoms with E-state index in [1.165, 1.54) is 11.1 Å². The molecular weight excluding hydrogens is 416 g/mol. The lowest BCUT2D eigenvalue weighted by molar-refractivity contribution is 0.0941. The fourth-order valence-electron chi connectivity index (χ4n) is 4.41. The predicted molar refractivity (Wildman–Crippen MR) is 142 cm³/mol. The molecule has 3 aromatic carbocycles. The summed E-state index contributed by atoms with van der Waals surface area (Å²) in [6.07, 6.45) is 3.26. The van der Waals surface area contributed by atoms with Crippen molar-refractivity contribution in [1.29, 1.82) is 0 Å². The fraction of sp³-hybridized carbons (Fsp3) is 0.290. The number of rotatable bonds is 8. The molecule has 0 bridgehead atoms. The number of para-hydroxylation sites is 1. The maximum Gasteiger partial charge on any atom is 0.252 e. The third kappa shape index (κ3) is 5.53. The number of amides is 1. The van der Waals surface area contributed by atoms with Crippen LogP contribution in [0.4, 0.5) is 0 Å². The van der Waals surface area contributed by atoms with Crippen molar-refractivity contribution in [2.24, 2.45) is 5.92 Å². The first kappa shape index (κ1) is 23.7. The summed E-state index contributed by atoms with van der Waals surface area (Å²) in [6, 6.07) is 26.8. The van der Waals surface area contributed by atoms with Crippen LogP contribution in [0.25, 0.3) is 22.2 Å². The van der Waals surface area contributed by atoms with Crippen molar-refractivity contribution < 1.29 is 4.79 Å². The van der Waals surface area contributed by atoms with Crippen molar-refractivity contribution in [2.75, 3.05) is 0 Å². The second-order valence-electron chi connectivity index (χ2n) is 9.55. The van der Waals surface area contributed by atoms with Crippen LogP contribution in [0.5, 0.6) is 0 Å². The van der Waals surface area contributed by atoms with Gasteiger partial charge in [0.2, 0.25) is 0 Å². The molecule has 3 nitrogen and oxygen atoms in total. The third-order valence-electron chi connectivity index (χ3n) is 6.22. The summed E-state index contributed by atoms with van der Waals surface area (Å²) in [5.74, 6) is 0.534. The number of hydrogen-bond acceptors (Lipinski definition) is 2. The average molecular weight is 451 g/mol. The zero-order valence-electron chi connectivity index (χ0n) is 20.6. The zero-order chi connectivity index (χ0) is 24.1. The van der Waals surface area contributed by atoms with Crippen LogP contribution >= 0.6 is 0 Å². The molecule has 0 fully saturated rings. The quantitative estimate of drug-likeness (QED) is 0.301. The fourth-order valence-corrected chi connectivity index (χ4v) is 4.41. The number of benzene rings is 3. The number of hydrogen-bond donors (Lipinski definition) is 1. The van der Waals surface area contributed by atoms with Crippen LogP contribution in [-0.4, -0.2) is 10.9 Å². The molecule has 1 heterocycles. The Bertz CT molecular complexity index is 1260. The normalized spacial score (nSPS) is 12.1. The summed E-state index contributed by atoms with van der Waals surface area (Å²) in [4.78, 5) is 18.3. The zero-order valence-corrected chi connectivity index (χ0v) is 20.6. The topological polar surface area (TPSA) is 42.0 Å². The summed E-state index contributed by atoms with van der Waals surface area (Å²) in [5.41, 5.74) is 7.07. The highest BCUT2D eigenvalue weighted by Gasteiger charge is 2.17. The van der Waals surface area contributed by atoms with E-state index in [2.05, 4.69) is 74.6 Å². The first-order valence-corrected chi connectivity index (χ1v) is 12.3. The highest BCUT2D eigenvalue weighted by molar-refractivity contribution is 6.07. The van der Waals surface area contributed by atoms with Crippen LogP contribution in [0.1, 0.15) is 67.2 Å². The Labute approximate surface area is 203 Å². The standard InChI is InChI=1S/C31H34N2O/c1-5-8-23-11-15-25(16-12-23)22(4)32-31(34)28-20-30(33-29-10-7-6-9-27(28)29)26-17-13-24(14-18-26)19-21(2)3/h6-7,9-18,20-22H,5,8,19H2,1-4H3,(H,32,34)/t22-/m1/s1. The Morgan fingerprint density at radius 1 is 0.882 bits per heavy atom. The van der Waals surface area contributed by atoms with Crippen LogP contribution in [0.2, 0.25) is 0 Å². The van der Waals surface area contributed by atoms with E-state index in [0.29, 0.717) is 11.5 Å². The third-order valence-corrected chi connectivity index (χ3v) is 6.22. The second-order valence-corrected chi connectivity index (χ2v) is 9.55. The maximum absolute atomic E-state index is 13.4. The van der Waals surface area contributed by atoms with Gasteiger partial charge in [0.1, 0.15) is 0 Å². The molecule has 0 unspecified atom stereocenters. The molecule has 0 radical (unpaired) electrons. The molecule has 4 aromatic rings. The van der Waals surface area contributed by atoms with Gasteiger partial charge in [-0.05, 0) is 54.5 Å². The predicted octanol–water partition coefficient (Wildman–Crippen LogP) is 7.54. The Morgan fingerprint density at radius 2 is 1.56 bits per heavy atom. The lowest BCUT2D eigenvalue weighted by Crippen LogP contribution is -2.27. The first-order chi connectivity index (χ1) is 16.4. The molecule has 0 aliphatic heterocycles. The summed E-state index contributed by atoms with van der Waals surface area (Å²) in [5, 5.41) is 4.07. The number of carbonyl (C=O) groups excluding carboxylic acids is 1. The van der Waals surface area contributed by atoms with Crippen LogP contribution in [0.3, 0.4) is 0 Å². The van der Waals surface area contributed by atoms with Crippen molar-refractivity contribution in [3.05, 3.63) is 101 Å². The maximum atomic E-state index is 13.4. The van der Waals surface area contributed by atoms with Gasteiger partial charge in [-0.3, -0.25) is 4.79 Å². The summed E-state index contributed by atoms with van der Waals surface area (Å²) in [6.45, 7) is 8.67. The van der Waals surface area contributed by atoms with E-state index >= 15 is 0 Å². The molecule has 34 heavy (non-hydrogen) atoms. The van der Waals surface area contributed by atoms with Gasteiger partial charge in [-0.2, -0.15) is 0 Å². The monoisotopic (exact) mass is 450 g/mol. The molecule has 1 N–H and O–H groups in total. The van der Waals surface area contributed by atoms with Gasteiger partial charge in [0.15, 0.2) is 0 Å². The van der Waals surface area contributed by atoms with E-state index in [4.69, 9.17) is 4.98 Å². The Hall–Kier alpha value is -3.46. The van der Waals surface area contributed by atoms with E-state index in [9.17, 15) is 4.79 Å². The molecule has 0 saturated carbocycles. The van der Waals surface area contributed by atoms with Crippen LogP contribution in [0.15, 0.2) is 78.9 Å². The van der Waals surface area contributed by atoms with Crippen molar-refractivity contribution in [1.82, 2.24) is 10.3 Å². The van der Waals surface area contributed by atoms with E-state index in [1.807, 2.05) is 37.3 Å². The van der Waals surface area contributed by atoms with Gasteiger partial charge in [-0.1, -0.05) is 93.9 Å². The molecule has 0 aliphatic carbocycles. The van der Waals surface area contributed by atoms with E-state index in [-0.39, 0.29) is 11.9 Å². The Morgan fingerprint density at radius 3 is 2.24 bits per heavy atom. The molecule has 0 aliphatic rings. The minimum Gasteiger partial charge on any atom is -0.345 e. The van der Waals surface area contributed by atoms with Crippen molar-refractivity contribution in [2.45, 2.75) is 53.0 Å². The number of nitrogens with one attached hydrogen (secondary N) is 1. The van der Waals surface area contributed by atoms with Gasteiger partial charge in [-0.25, -0.2) is 4.98 Å². The van der Waals surface area contributed by atoms with Gasteiger partial charge in [0.25, 0.3) is 5.91 Å². The largest absolute Gasteiger partial charge is 0.345 e. The number of fused-ring (bicyclic) bond motifs is 1. The van der Waals surface area contributed by atoms with E-state index in [1.54, 1.807) is 0 Å². The molecule has 3 heteroatoms. The minimum absolute atomic E-state index is 0.0820. The molecular formula is C31H34N2O. The smallest absolute Gasteiger partial charge is 0.252 e. The molecule has 174 valence electrons. The van der Waals surface area contributed by atoms with Gasteiger partial charge in [-0.15, -0.1) is 0 Å². The second kappa shape index (κ2) is 10.6. The van der Waals surface area contributed by atoms with E-state index in [0.717, 1.165) is 47.0 Å². The highest BCUT2D eigenvalue weighted by atomic mass is 16.1. The molecule has 1 aromatic heterocycles. The van der Waals surface area contributed by atoms with Crippen molar-refractivity contribution in [3.63, 3.8) is 0 Å². The molecule has 1 amide bonds. The van der Waals surface area contributed by atoms with Crippen LogP contribution in [-0.2, 0) is 12.8 Å². The number of pyridine rings is 1. The Balaban J connectivity index is 1.62. The summed E-state index contributed by atoms with van der Waals surface area (Å²) < 4.78 is 0. The molecule has 4 rings (SSSR count). The van der Waals surface area contributed by atoms with Crippen LogP contribution < -0.4 is 5.32 Å². The molecule has 0 saturated heterocycles. The highest BCUT2D eigenvalue weighted by Crippen LogP contribution is 2.26.